The van der Waals surface area contributed by atoms with Gasteiger partial charge in [0.25, 0.3) is 0 Å². The first-order valence-electron chi connectivity index (χ1n) is 5.87. The van der Waals surface area contributed by atoms with Gasteiger partial charge in [-0.25, -0.2) is 4.79 Å². The minimum atomic E-state index is -0.445. The second kappa shape index (κ2) is 5.87. The highest BCUT2D eigenvalue weighted by molar-refractivity contribution is 5.79. The molecule has 100 valence electrons. The number of carbonyl (C=O) groups excluding carboxylic acids is 1. The molecule has 1 aromatic rings. The Kier molecular flexibility index (Phi) is 4.73. The molecule has 0 aliphatic heterocycles. The Bertz CT molecular complexity index is 455. The summed E-state index contributed by atoms with van der Waals surface area (Å²) < 4.78 is 10.2. The molecule has 0 saturated carbocycles. The lowest BCUT2D eigenvalue weighted by molar-refractivity contribution is -0.143. The smallest absolute Gasteiger partial charge is 0.327 e. The quantitative estimate of drug-likeness (QED) is 0.832. The third-order valence-electron chi connectivity index (χ3n) is 3.34. The number of hydrogen-bond donors (Lipinski definition) is 1. The fraction of sp³-hybridized carbons (Fsp3) is 0.500. The Morgan fingerprint density at radius 1 is 1.22 bits per heavy atom. The fourth-order valence-electron chi connectivity index (χ4n) is 2.22. The number of nitrogens with one attached hydrogen (secondary N) is 1. The van der Waals surface area contributed by atoms with E-state index in [1.165, 1.54) is 7.11 Å². The van der Waals surface area contributed by atoms with E-state index in [-0.39, 0.29) is 5.97 Å². The van der Waals surface area contributed by atoms with Gasteiger partial charge in [-0.3, -0.25) is 0 Å². The molecule has 1 rings (SSSR count). The standard InChI is InChI=1S/C14H21NO3/c1-8-7-11(17-5)9(2)10(3)12(8)13(15-4)14(16)18-6/h7,13,15H,1-6H3. The van der Waals surface area contributed by atoms with Crippen molar-refractivity contribution >= 4 is 5.97 Å². The molecule has 0 aliphatic rings. The van der Waals surface area contributed by atoms with Gasteiger partial charge in [0.1, 0.15) is 11.8 Å². The lowest BCUT2D eigenvalue weighted by Gasteiger charge is -2.21. The molecule has 0 aliphatic carbocycles. The first kappa shape index (κ1) is 14.5. The summed E-state index contributed by atoms with van der Waals surface area (Å²) >= 11 is 0. The highest BCUT2D eigenvalue weighted by atomic mass is 16.5. The zero-order valence-corrected chi connectivity index (χ0v) is 11.9. The number of esters is 1. The summed E-state index contributed by atoms with van der Waals surface area (Å²) in [7, 11) is 4.80. The van der Waals surface area contributed by atoms with Gasteiger partial charge in [0, 0.05) is 0 Å². The van der Waals surface area contributed by atoms with Crippen LogP contribution in [-0.4, -0.2) is 27.2 Å². The van der Waals surface area contributed by atoms with Crippen LogP contribution in [0, 0.1) is 20.8 Å². The summed E-state index contributed by atoms with van der Waals surface area (Å²) in [5.74, 6) is 0.557. The Balaban J connectivity index is 3.40. The van der Waals surface area contributed by atoms with Crippen LogP contribution in [0.25, 0.3) is 0 Å². The number of likely N-dealkylation sites (N-methyl/N-ethyl adjacent to an activating group) is 1. The van der Waals surface area contributed by atoms with Crippen molar-refractivity contribution < 1.29 is 14.3 Å². The van der Waals surface area contributed by atoms with E-state index in [1.807, 2.05) is 26.8 Å². The summed E-state index contributed by atoms with van der Waals surface area (Å²) in [5, 5.41) is 3.00. The van der Waals surface area contributed by atoms with Crippen LogP contribution < -0.4 is 10.1 Å². The van der Waals surface area contributed by atoms with Crippen molar-refractivity contribution in [1.29, 1.82) is 0 Å². The molecule has 0 radical (unpaired) electrons. The van der Waals surface area contributed by atoms with Crippen LogP contribution >= 0.6 is 0 Å². The SMILES string of the molecule is CNC(C(=O)OC)c1c(C)cc(OC)c(C)c1C. The van der Waals surface area contributed by atoms with Gasteiger partial charge >= 0.3 is 5.97 Å². The van der Waals surface area contributed by atoms with Gasteiger partial charge in [-0.1, -0.05) is 0 Å². The Morgan fingerprint density at radius 3 is 2.28 bits per heavy atom. The first-order valence-corrected chi connectivity index (χ1v) is 5.87. The zero-order valence-electron chi connectivity index (χ0n) is 11.9. The molecule has 0 bridgehead atoms. The normalized spacial score (nSPS) is 12.1. The van der Waals surface area contributed by atoms with Gasteiger partial charge in [-0.15, -0.1) is 0 Å². The summed E-state index contributed by atoms with van der Waals surface area (Å²) in [6, 6.07) is 1.50. The topological polar surface area (TPSA) is 47.6 Å². The second-order valence-corrected chi connectivity index (χ2v) is 4.30. The molecule has 1 unspecified atom stereocenters. The summed E-state index contributed by atoms with van der Waals surface area (Å²) in [5.41, 5.74) is 4.07. The highest BCUT2D eigenvalue weighted by Gasteiger charge is 2.24. The minimum absolute atomic E-state index is 0.284. The molecule has 4 heteroatoms. The number of benzene rings is 1. The van der Waals surface area contributed by atoms with E-state index in [0.29, 0.717) is 0 Å². The van der Waals surface area contributed by atoms with Crippen LogP contribution in [0.3, 0.4) is 0 Å². The minimum Gasteiger partial charge on any atom is -0.496 e. The monoisotopic (exact) mass is 251 g/mol. The van der Waals surface area contributed by atoms with Crippen molar-refractivity contribution in [3.05, 3.63) is 28.3 Å². The summed E-state index contributed by atoms with van der Waals surface area (Å²) in [6.07, 6.45) is 0. The van der Waals surface area contributed by atoms with Gasteiger partial charge in [0.05, 0.1) is 14.2 Å². The van der Waals surface area contributed by atoms with E-state index in [2.05, 4.69) is 5.32 Å². The number of methoxy groups -OCH3 is 2. The molecular formula is C14H21NO3. The molecule has 0 saturated heterocycles. The molecule has 4 nitrogen and oxygen atoms in total. The van der Waals surface area contributed by atoms with Crippen molar-refractivity contribution in [3.8, 4) is 5.75 Å². The van der Waals surface area contributed by atoms with Crippen molar-refractivity contribution in [1.82, 2.24) is 5.32 Å². The van der Waals surface area contributed by atoms with E-state index < -0.39 is 6.04 Å². The van der Waals surface area contributed by atoms with E-state index >= 15 is 0 Å². The number of rotatable bonds is 4. The lowest BCUT2D eigenvalue weighted by Crippen LogP contribution is -2.28. The number of hydrogen-bond acceptors (Lipinski definition) is 4. The predicted molar refractivity (Wildman–Crippen MR) is 71.0 cm³/mol. The molecule has 1 N–H and O–H groups in total. The predicted octanol–water partition coefficient (Wildman–Crippen LogP) is 2.05. The van der Waals surface area contributed by atoms with Crippen molar-refractivity contribution in [2.45, 2.75) is 26.8 Å². The molecule has 0 heterocycles. The molecule has 18 heavy (non-hydrogen) atoms. The van der Waals surface area contributed by atoms with E-state index in [0.717, 1.165) is 28.0 Å². The van der Waals surface area contributed by atoms with E-state index in [4.69, 9.17) is 9.47 Å². The largest absolute Gasteiger partial charge is 0.496 e. The molecule has 1 atom stereocenters. The average molecular weight is 251 g/mol. The van der Waals surface area contributed by atoms with E-state index in [9.17, 15) is 4.79 Å². The molecule has 0 aromatic heterocycles. The molecule has 0 amide bonds. The number of aryl methyl sites for hydroxylation is 1. The third kappa shape index (κ3) is 2.48. The molecule has 0 spiro atoms. The molecule has 0 fully saturated rings. The van der Waals surface area contributed by atoms with Crippen LogP contribution in [-0.2, 0) is 9.53 Å². The number of ether oxygens (including phenoxy) is 2. The summed E-state index contributed by atoms with van der Waals surface area (Å²) in [6.45, 7) is 5.95. The average Bonchev–Trinajstić information content (AvgIpc) is 2.37. The number of carbonyl (C=O) groups is 1. The zero-order chi connectivity index (χ0) is 13.9. The maximum Gasteiger partial charge on any atom is 0.327 e. The maximum atomic E-state index is 11.8. The van der Waals surface area contributed by atoms with Crippen LogP contribution in [0.1, 0.15) is 28.3 Å². The fourth-order valence-corrected chi connectivity index (χ4v) is 2.22. The van der Waals surface area contributed by atoms with Gasteiger partial charge in [-0.05, 0) is 56.1 Å². The van der Waals surface area contributed by atoms with Crippen LogP contribution in [0.15, 0.2) is 6.07 Å². The highest BCUT2D eigenvalue weighted by Crippen LogP contribution is 2.31. The van der Waals surface area contributed by atoms with E-state index in [1.54, 1.807) is 14.2 Å². The Hall–Kier alpha value is -1.55. The van der Waals surface area contributed by atoms with Gasteiger partial charge in [0.2, 0.25) is 0 Å². The second-order valence-electron chi connectivity index (χ2n) is 4.30. The van der Waals surface area contributed by atoms with Crippen molar-refractivity contribution in [3.63, 3.8) is 0 Å². The Labute approximate surface area is 108 Å². The van der Waals surface area contributed by atoms with Crippen molar-refractivity contribution in [2.24, 2.45) is 0 Å². The maximum absolute atomic E-state index is 11.8. The van der Waals surface area contributed by atoms with Gasteiger partial charge in [-0.2, -0.15) is 0 Å². The third-order valence-corrected chi connectivity index (χ3v) is 3.34. The Morgan fingerprint density at radius 2 is 1.83 bits per heavy atom. The van der Waals surface area contributed by atoms with Crippen LogP contribution in [0.2, 0.25) is 0 Å². The van der Waals surface area contributed by atoms with Gasteiger partial charge < -0.3 is 14.8 Å². The molecular weight excluding hydrogens is 230 g/mol. The lowest BCUT2D eigenvalue weighted by atomic mass is 9.92. The molecule has 1 aromatic carbocycles. The van der Waals surface area contributed by atoms with Crippen LogP contribution in [0.4, 0.5) is 0 Å². The van der Waals surface area contributed by atoms with Crippen molar-refractivity contribution in [2.75, 3.05) is 21.3 Å². The van der Waals surface area contributed by atoms with Gasteiger partial charge in [0.15, 0.2) is 0 Å². The van der Waals surface area contributed by atoms with Crippen LogP contribution in [0.5, 0.6) is 5.75 Å². The first-order chi connectivity index (χ1) is 8.47. The summed E-state index contributed by atoms with van der Waals surface area (Å²) in [4.78, 5) is 11.8.